The summed E-state index contributed by atoms with van der Waals surface area (Å²) in [4.78, 5) is 36.4. The van der Waals surface area contributed by atoms with Crippen molar-refractivity contribution in [3.63, 3.8) is 0 Å². The molecule has 0 fully saturated rings. The lowest BCUT2D eigenvalue weighted by molar-refractivity contribution is -0.123. The lowest BCUT2D eigenvalue weighted by Crippen LogP contribution is -2.34. The fourth-order valence-electron chi connectivity index (χ4n) is 2.62. The van der Waals surface area contributed by atoms with Crippen LogP contribution in [0.4, 0.5) is 0 Å². The predicted molar refractivity (Wildman–Crippen MR) is 126 cm³/mol. The van der Waals surface area contributed by atoms with Crippen molar-refractivity contribution in [3.05, 3.63) is 88.1 Å². The van der Waals surface area contributed by atoms with Gasteiger partial charge in [-0.05, 0) is 41.3 Å². The van der Waals surface area contributed by atoms with E-state index in [1.807, 2.05) is 18.2 Å². The van der Waals surface area contributed by atoms with Gasteiger partial charge in [-0.1, -0.05) is 36.4 Å². The summed E-state index contributed by atoms with van der Waals surface area (Å²) < 4.78 is 10.5. The lowest BCUT2D eigenvalue weighted by Gasteiger charge is -2.04. The number of para-hydroxylation sites is 1. The maximum Gasteiger partial charge on any atom is 0.353 e. The highest BCUT2D eigenvalue weighted by Gasteiger charge is 2.09. The molecule has 2 amide bonds. The summed E-state index contributed by atoms with van der Waals surface area (Å²) in [6.07, 6.45) is 4.32. The maximum atomic E-state index is 12.0. The number of hydrogen-bond acceptors (Lipinski definition) is 7. The average molecular weight is 464 g/mol. The number of carbonyl (C=O) groups excluding carboxylic acids is 3. The highest BCUT2D eigenvalue weighted by molar-refractivity contribution is 7.12. The molecule has 33 heavy (non-hydrogen) atoms. The Labute approximate surface area is 194 Å². The molecule has 2 aromatic carbocycles. The molecular weight excluding hydrogens is 442 g/mol. The largest absolute Gasteiger partial charge is 0.496 e. The molecule has 3 aromatic rings. The van der Waals surface area contributed by atoms with Gasteiger partial charge in [0.25, 0.3) is 5.91 Å². The van der Waals surface area contributed by atoms with Crippen LogP contribution in [0.5, 0.6) is 11.5 Å². The van der Waals surface area contributed by atoms with Crippen molar-refractivity contribution >= 4 is 41.4 Å². The minimum absolute atomic E-state index is 0.245. The van der Waals surface area contributed by atoms with Gasteiger partial charge >= 0.3 is 5.97 Å². The molecule has 0 atom stereocenters. The van der Waals surface area contributed by atoms with Gasteiger partial charge in [0.1, 0.15) is 16.4 Å². The third kappa shape index (κ3) is 7.44. The van der Waals surface area contributed by atoms with Crippen molar-refractivity contribution in [3.8, 4) is 11.5 Å². The number of nitrogens with zero attached hydrogens (tertiary/aromatic N) is 1. The Morgan fingerprint density at radius 3 is 2.70 bits per heavy atom. The molecule has 0 unspecified atom stereocenters. The van der Waals surface area contributed by atoms with Crippen molar-refractivity contribution in [1.29, 1.82) is 0 Å². The number of nitrogens with one attached hydrogen (secondary N) is 2. The quantitative estimate of drug-likeness (QED) is 0.167. The van der Waals surface area contributed by atoms with Crippen LogP contribution < -0.4 is 20.2 Å². The second-order valence-corrected chi connectivity index (χ2v) is 7.47. The van der Waals surface area contributed by atoms with E-state index in [4.69, 9.17) is 9.47 Å². The molecule has 0 aliphatic heterocycles. The van der Waals surface area contributed by atoms with E-state index in [0.717, 1.165) is 5.56 Å². The number of carbonyl (C=O) groups is 3. The number of amides is 2. The van der Waals surface area contributed by atoms with Crippen molar-refractivity contribution in [1.82, 2.24) is 10.7 Å². The number of thiophene rings is 1. The molecule has 0 bridgehead atoms. The number of hydrazone groups is 1. The van der Waals surface area contributed by atoms with Gasteiger partial charge < -0.3 is 14.8 Å². The van der Waals surface area contributed by atoms with Crippen LogP contribution in [0.2, 0.25) is 0 Å². The molecule has 3 rings (SSSR count). The molecular formula is C24H21N3O5S. The molecule has 2 N–H and O–H groups in total. The van der Waals surface area contributed by atoms with Crippen molar-refractivity contribution in [2.24, 2.45) is 5.10 Å². The SMILES string of the molecule is COc1ccccc1C=CC(=O)NCC(=O)NN=Cc1cccc(OC(=O)c2cccs2)c1. The fourth-order valence-corrected chi connectivity index (χ4v) is 3.22. The van der Waals surface area contributed by atoms with Crippen molar-refractivity contribution < 1.29 is 23.9 Å². The highest BCUT2D eigenvalue weighted by Crippen LogP contribution is 2.18. The molecule has 0 radical (unpaired) electrons. The lowest BCUT2D eigenvalue weighted by atomic mass is 10.2. The monoisotopic (exact) mass is 463 g/mol. The molecule has 0 saturated heterocycles. The Balaban J connectivity index is 1.45. The van der Waals surface area contributed by atoms with Gasteiger partial charge in [-0.15, -0.1) is 11.3 Å². The summed E-state index contributed by atoms with van der Waals surface area (Å²) in [5.41, 5.74) is 3.69. The summed E-state index contributed by atoms with van der Waals surface area (Å²) in [5, 5.41) is 8.12. The first-order valence-electron chi connectivity index (χ1n) is 9.82. The third-order valence-electron chi connectivity index (χ3n) is 4.17. The molecule has 0 aliphatic rings. The zero-order valence-electron chi connectivity index (χ0n) is 17.7. The van der Waals surface area contributed by atoms with Crippen LogP contribution in [-0.4, -0.2) is 37.7 Å². The summed E-state index contributed by atoms with van der Waals surface area (Å²) >= 11 is 1.29. The normalized spacial score (nSPS) is 10.8. The topological polar surface area (TPSA) is 106 Å². The number of esters is 1. The van der Waals surface area contributed by atoms with Gasteiger partial charge in [0.2, 0.25) is 5.91 Å². The Morgan fingerprint density at radius 2 is 1.91 bits per heavy atom. The molecule has 0 aliphatic carbocycles. The predicted octanol–water partition coefficient (Wildman–Crippen LogP) is 3.26. The van der Waals surface area contributed by atoms with Crippen LogP contribution in [0.15, 0.2) is 77.2 Å². The molecule has 168 valence electrons. The fraction of sp³-hybridized carbons (Fsp3) is 0.0833. The van der Waals surface area contributed by atoms with E-state index in [-0.39, 0.29) is 6.54 Å². The molecule has 0 saturated carbocycles. The molecule has 9 heteroatoms. The number of rotatable bonds is 9. The molecule has 0 spiro atoms. The van der Waals surface area contributed by atoms with Crippen LogP contribution in [0.1, 0.15) is 20.8 Å². The Kier molecular flexibility index (Phi) is 8.49. The van der Waals surface area contributed by atoms with Gasteiger partial charge in [0.15, 0.2) is 0 Å². The summed E-state index contributed by atoms with van der Waals surface area (Å²) in [6, 6.07) is 17.4. The highest BCUT2D eigenvalue weighted by atomic mass is 32.1. The first-order chi connectivity index (χ1) is 16.0. The standard InChI is InChI=1S/C24H21N3O5S/c1-31-20-9-3-2-7-18(20)11-12-22(28)25-16-23(29)27-26-15-17-6-4-8-19(14-17)32-24(30)21-10-5-13-33-21/h2-15H,16H2,1H3,(H,25,28)(H,27,29). The second kappa shape index (κ2) is 12.0. The third-order valence-corrected chi connectivity index (χ3v) is 5.02. The van der Waals surface area contributed by atoms with Gasteiger partial charge in [-0.3, -0.25) is 9.59 Å². The van der Waals surface area contributed by atoms with E-state index in [0.29, 0.717) is 21.9 Å². The first kappa shape index (κ1) is 23.4. The van der Waals surface area contributed by atoms with Gasteiger partial charge in [0.05, 0.1) is 19.9 Å². The van der Waals surface area contributed by atoms with E-state index >= 15 is 0 Å². The van der Waals surface area contributed by atoms with Gasteiger partial charge in [-0.2, -0.15) is 5.10 Å². The van der Waals surface area contributed by atoms with Gasteiger partial charge in [-0.25, -0.2) is 10.2 Å². The Hall–Kier alpha value is -4.24. The van der Waals surface area contributed by atoms with Crippen molar-refractivity contribution in [2.75, 3.05) is 13.7 Å². The Bertz CT molecular complexity index is 1170. The van der Waals surface area contributed by atoms with E-state index in [1.165, 1.54) is 23.6 Å². The number of benzene rings is 2. The van der Waals surface area contributed by atoms with E-state index in [2.05, 4.69) is 15.8 Å². The zero-order chi connectivity index (χ0) is 23.5. The smallest absolute Gasteiger partial charge is 0.353 e. The number of ether oxygens (including phenoxy) is 2. The number of methoxy groups -OCH3 is 1. The Morgan fingerprint density at radius 1 is 1.06 bits per heavy atom. The minimum Gasteiger partial charge on any atom is -0.496 e. The van der Waals surface area contributed by atoms with E-state index < -0.39 is 17.8 Å². The first-order valence-corrected chi connectivity index (χ1v) is 10.7. The second-order valence-electron chi connectivity index (χ2n) is 6.53. The summed E-state index contributed by atoms with van der Waals surface area (Å²) in [7, 11) is 1.55. The van der Waals surface area contributed by atoms with Crippen LogP contribution in [-0.2, 0) is 9.59 Å². The zero-order valence-corrected chi connectivity index (χ0v) is 18.5. The van der Waals surface area contributed by atoms with E-state index in [9.17, 15) is 14.4 Å². The van der Waals surface area contributed by atoms with Crippen LogP contribution in [0, 0.1) is 0 Å². The average Bonchev–Trinajstić information content (AvgIpc) is 3.37. The van der Waals surface area contributed by atoms with E-state index in [1.54, 1.807) is 61.0 Å². The van der Waals surface area contributed by atoms with Crippen LogP contribution in [0.3, 0.4) is 0 Å². The number of hydrogen-bond donors (Lipinski definition) is 2. The molecule has 1 heterocycles. The molecule has 1 aromatic heterocycles. The summed E-state index contributed by atoms with van der Waals surface area (Å²) in [6.45, 7) is -0.245. The van der Waals surface area contributed by atoms with Crippen LogP contribution in [0.25, 0.3) is 6.08 Å². The van der Waals surface area contributed by atoms with Crippen molar-refractivity contribution in [2.45, 2.75) is 0 Å². The minimum atomic E-state index is -0.495. The summed E-state index contributed by atoms with van der Waals surface area (Å²) in [5.74, 6) is -0.370. The maximum absolute atomic E-state index is 12.0. The van der Waals surface area contributed by atoms with Gasteiger partial charge in [0, 0.05) is 11.6 Å². The molecule has 8 nitrogen and oxygen atoms in total. The van der Waals surface area contributed by atoms with Crippen LogP contribution >= 0.6 is 11.3 Å².